The fourth-order valence-corrected chi connectivity index (χ4v) is 4.23. The van der Waals surface area contributed by atoms with E-state index in [1.54, 1.807) is 23.4 Å². The van der Waals surface area contributed by atoms with Gasteiger partial charge < -0.3 is 4.74 Å². The van der Waals surface area contributed by atoms with Crippen LogP contribution in [0.15, 0.2) is 64.5 Å². The fraction of sp³-hybridized carbons (Fsp3) is 0.286. The van der Waals surface area contributed by atoms with Gasteiger partial charge in [0.15, 0.2) is 5.16 Å². The maximum Gasteiger partial charge on any atom is 0.262 e. The molecule has 0 aliphatic carbocycles. The average molecular weight is 395 g/mol. The summed E-state index contributed by atoms with van der Waals surface area (Å²) in [5, 5.41) is 10.2. The Balaban J connectivity index is 1.71. The van der Waals surface area contributed by atoms with Crippen LogP contribution < -0.4 is 5.56 Å². The molecule has 4 rings (SSSR count). The quantitative estimate of drug-likeness (QED) is 0.339. The van der Waals surface area contributed by atoms with Crippen LogP contribution in [0.1, 0.15) is 12.0 Å². The van der Waals surface area contributed by atoms with Crippen molar-refractivity contribution in [3.05, 3.63) is 70.5 Å². The van der Waals surface area contributed by atoms with Crippen LogP contribution in [0, 0.1) is 0 Å². The second-order valence-electron chi connectivity index (χ2n) is 6.52. The number of benzene rings is 2. The van der Waals surface area contributed by atoms with Crippen LogP contribution in [0.5, 0.6) is 0 Å². The van der Waals surface area contributed by atoms with E-state index in [0.29, 0.717) is 24.3 Å². The zero-order chi connectivity index (χ0) is 19.3. The van der Waals surface area contributed by atoms with Crippen LogP contribution in [-0.2, 0) is 17.7 Å². The Morgan fingerprint density at radius 2 is 1.82 bits per heavy atom. The van der Waals surface area contributed by atoms with Crippen LogP contribution in [0.25, 0.3) is 16.7 Å². The Kier molecular flexibility index (Phi) is 5.73. The number of ether oxygens (including phenoxy) is 1. The number of thioether (sulfide) groups is 1. The van der Waals surface area contributed by atoms with Crippen molar-refractivity contribution in [2.45, 2.75) is 24.5 Å². The van der Waals surface area contributed by atoms with Crippen LogP contribution >= 0.6 is 11.8 Å². The molecular weight excluding hydrogens is 372 g/mol. The summed E-state index contributed by atoms with van der Waals surface area (Å²) in [4.78, 5) is 13.0. The van der Waals surface area contributed by atoms with Crippen molar-refractivity contribution in [3.63, 3.8) is 0 Å². The van der Waals surface area contributed by atoms with E-state index < -0.39 is 0 Å². The van der Waals surface area contributed by atoms with Gasteiger partial charge in [-0.3, -0.25) is 13.8 Å². The molecule has 4 aromatic rings. The molecule has 0 saturated carbocycles. The number of hydrogen-bond acceptors (Lipinski definition) is 5. The molecule has 28 heavy (non-hydrogen) atoms. The number of aromatic nitrogens is 4. The van der Waals surface area contributed by atoms with Crippen LogP contribution in [0.4, 0.5) is 0 Å². The van der Waals surface area contributed by atoms with Crippen LogP contribution in [0.3, 0.4) is 0 Å². The molecule has 0 radical (unpaired) electrons. The summed E-state index contributed by atoms with van der Waals surface area (Å²) in [6.07, 6.45) is 1.69. The molecule has 0 amide bonds. The topological polar surface area (TPSA) is 61.4 Å². The van der Waals surface area contributed by atoms with E-state index in [9.17, 15) is 4.79 Å². The highest BCUT2D eigenvalue weighted by Crippen LogP contribution is 2.22. The molecule has 7 heteroatoms. The Bertz CT molecular complexity index is 1140. The number of methoxy groups -OCH3 is 1. The van der Waals surface area contributed by atoms with Crippen molar-refractivity contribution in [2.75, 3.05) is 19.5 Å². The monoisotopic (exact) mass is 394 g/mol. The van der Waals surface area contributed by atoms with Gasteiger partial charge in [-0.25, -0.2) is 0 Å². The zero-order valence-electron chi connectivity index (χ0n) is 15.7. The molecule has 0 aliphatic heterocycles. The second-order valence-corrected chi connectivity index (χ2v) is 7.58. The first-order chi connectivity index (χ1) is 13.8. The number of nitrogens with zero attached hydrogens (tertiary/aromatic N) is 4. The Labute approximate surface area is 167 Å². The highest BCUT2D eigenvalue weighted by molar-refractivity contribution is 7.99. The number of hydrogen-bond donors (Lipinski definition) is 0. The second kappa shape index (κ2) is 8.58. The van der Waals surface area contributed by atoms with Gasteiger partial charge in [0.2, 0.25) is 5.78 Å². The molecule has 0 atom stereocenters. The Morgan fingerprint density at radius 1 is 1.04 bits per heavy atom. The molecule has 0 fully saturated rings. The largest absolute Gasteiger partial charge is 0.385 e. The SMILES string of the molecule is COCCCn1c(=O)c2ccccc2n2c(SCCc3ccccc3)nnc12. The van der Waals surface area contributed by atoms with Gasteiger partial charge >= 0.3 is 0 Å². The maximum atomic E-state index is 13.0. The molecule has 0 bridgehead atoms. The van der Waals surface area contributed by atoms with Gasteiger partial charge in [-0.05, 0) is 30.5 Å². The molecule has 0 N–H and O–H groups in total. The van der Waals surface area contributed by atoms with Crippen molar-refractivity contribution >= 4 is 28.4 Å². The van der Waals surface area contributed by atoms with Gasteiger partial charge in [0.1, 0.15) is 0 Å². The third-order valence-electron chi connectivity index (χ3n) is 4.67. The van der Waals surface area contributed by atoms with Crippen LogP contribution in [0.2, 0.25) is 0 Å². The van der Waals surface area contributed by atoms with E-state index in [2.05, 4.69) is 34.5 Å². The highest BCUT2D eigenvalue weighted by Gasteiger charge is 2.16. The third kappa shape index (κ3) is 3.68. The summed E-state index contributed by atoms with van der Waals surface area (Å²) >= 11 is 1.66. The van der Waals surface area contributed by atoms with E-state index >= 15 is 0 Å². The number of para-hydroxylation sites is 1. The standard InChI is InChI=1S/C21H22N4O2S/c1-27-14-7-13-24-19(26)17-10-5-6-11-18(17)25-20(24)22-23-21(25)28-15-12-16-8-3-2-4-9-16/h2-6,8-11H,7,12-15H2,1H3. The van der Waals surface area contributed by atoms with Crippen molar-refractivity contribution < 1.29 is 4.74 Å². The summed E-state index contributed by atoms with van der Waals surface area (Å²) in [5.74, 6) is 1.48. The molecule has 0 aliphatic rings. The first kappa shape index (κ1) is 18.7. The lowest BCUT2D eigenvalue weighted by molar-refractivity contribution is 0.190. The van der Waals surface area contributed by atoms with E-state index in [4.69, 9.17) is 4.74 Å². The highest BCUT2D eigenvalue weighted by atomic mass is 32.2. The lowest BCUT2D eigenvalue weighted by Gasteiger charge is -2.11. The molecule has 0 unspecified atom stereocenters. The molecule has 2 aromatic heterocycles. The van der Waals surface area contributed by atoms with Gasteiger partial charge in [-0.1, -0.05) is 54.2 Å². The fourth-order valence-electron chi connectivity index (χ4n) is 3.30. The van der Waals surface area contributed by atoms with E-state index in [1.165, 1.54) is 5.56 Å². The van der Waals surface area contributed by atoms with E-state index in [0.717, 1.165) is 29.3 Å². The zero-order valence-corrected chi connectivity index (χ0v) is 16.6. The molecule has 144 valence electrons. The van der Waals surface area contributed by atoms with E-state index in [1.807, 2.05) is 34.7 Å². The normalized spacial score (nSPS) is 11.5. The molecule has 0 saturated heterocycles. The van der Waals surface area contributed by atoms with Crippen molar-refractivity contribution in [3.8, 4) is 0 Å². The first-order valence-corrected chi connectivity index (χ1v) is 10.3. The smallest absolute Gasteiger partial charge is 0.262 e. The summed E-state index contributed by atoms with van der Waals surface area (Å²) in [6, 6.07) is 18.0. The lowest BCUT2D eigenvalue weighted by atomic mass is 10.2. The van der Waals surface area contributed by atoms with Gasteiger partial charge in [-0.2, -0.15) is 0 Å². The predicted octanol–water partition coefficient (Wildman–Crippen LogP) is 3.42. The minimum atomic E-state index is -0.0348. The van der Waals surface area contributed by atoms with Gasteiger partial charge in [0.05, 0.1) is 10.9 Å². The number of rotatable bonds is 8. The summed E-state index contributed by atoms with van der Waals surface area (Å²) < 4.78 is 8.84. The predicted molar refractivity (Wildman–Crippen MR) is 112 cm³/mol. The molecular formula is C21H22N4O2S. The minimum Gasteiger partial charge on any atom is -0.385 e. The van der Waals surface area contributed by atoms with Gasteiger partial charge in [-0.15, -0.1) is 10.2 Å². The summed E-state index contributed by atoms with van der Waals surface area (Å²) in [7, 11) is 1.66. The minimum absolute atomic E-state index is 0.0348. The van der Waals surface area contributed by atoms with Crippen molar-refractivity contribution in [1.82, 2.24) is 19.2 Å². The molecule has 2 heterocycles. The third-order valence-corrected chi connectivity index (χ3v) is 5.60. The number of fused-ring (bicyclic) bond motifs is 3. The Hall–Kier alpha value is -2.64. The summed E-state index contributed by atoms with van der Waals surface area (Å²) in [6.45, 7) is 1.14. The average Bonchev–Trinajstić information content (AvgIpc) is 3.15. The van der Waals surface area contributed by atoms with Crippen LogP contribution in [-0.4, -0.2) is 38.6 Å². The molecule has 2 aromatic carbocycles. The van der Waals surface area contributed by atoms with Gasteiger partial charge in [0, 0.05) is 26.0 Å². The first-order valence-electron chi connectivity index (χ1n) is 9.32. The van der Waals surface area contributed by atoms with Crippen molar-refractivity contribution in [1.29, 1.82) is 0 Å². The number of aryl methyl sites for hydroxylation is 2. The molecule has 0 spiro atoms. The molecule has 6 nitrogen and oxygen atoms in total. The van der Waals surface area contributed by atoms with Gasteiger partial charge in [0.25, 0.3) is 5.56 Å². The Morgan fingerprint density at radius 3 is 2.64 bits per heavy atom. The lowest BCUT2D eigenvalue weighted by Crippen LogP contribution is -2.24. The van der Waals surface area contributed by atoms with E-state index in [-0.39, 0.29) is 5.56 Å². The van der Waals surface area contributed by atoms with Crippen molar-refractivity contribution in [2.24, 2.45) is 0 Å². The summed E-state index contributed by atoms with van der Waals surface area (Å²) in [5.41, 5.74) is 2.11. The maximum absolute atomic E-state index is 13.0.